The monoisotopic (exact) mass is 1150 g/mol. The van der Waals surface area contributed by atoms with Gasteiger partial charge in [0, 0.05) is 19.3 Å². The lowest BCUT2D eigenvalue weighted by atomic mass is 10.0. The predicted molar refractivity (Wildman–Crippen MR) is 362 cm³/mol. The van der Waals surface area contributed by atoms with Crippen LogP contribution in [0.4, 0.5) is 0 Å². The third-order valence-corrected chi connectivity index (χ3v) is 14.3. The molecule has 0 rings (SSSR count). The van der Waals surface area contributed by atoms with Gasteiger partial charge in [-0.15, -0.1) is 0 Å². The number of allylic oxidation sites excluding steroid dienone is 24. The summed E-state index contributed by atoms with van der Waals surface area (Å²) in [6, 6.07) is 0. The van der Waals surface area contributed by atoms with Gasteiger partial charge in [-0.3, -0.25) is 14.4 Å². The second kappa shape index (κ2) is 69.8. The maximum Gasteiger partial charge on any atom is 0.306 e. The summed E-state index contributed by atoms with van der Waals surface area (Å²) >= 11 is 0. The Labute approximate surface area is 512 Å². The largest absolute Gasteiger partial charge is 0.462 e. The van der Waals surface area contributed by atoms with Gasteiger partial charge < -0.3 is 14.2 Å². The Hall–Kier alpha value is -4.71. The molecule has 0 aromatic carbocycles. The van der Waals surface area contributed by atoms with E-state index in [0.717, 1.165) is 128 Å². The quantitative estimate of drug-likeness (QED) is 0.0261. The summed E-state index contributed by atoms with van der Waals surface area (Å²) in [5, 5.41) is 0. The third kappa shape index (κ3) is 68.0. The molecule has 0 spiro atoms. The normalized spacial score (nSPS) is 13.0. The number of hydrogen-bond acceptors (Lipinski definition) is 6. The van der Waals surface area contributed by atoms with Crippen molar-refractivity contribution in [1.29, 1.82) is 0 Å². The van der Waals surface area contributed by atoms with E-state index in [1.54, 1.807) is 0 Å². The molecule has 6 heteroatoms. The molecule has 83 heavy (non-hydrogen) atoms. The van der Waals surface area contributed by atoms with Crippen molar-refractivity contribution in [3.63, 3.8) is 0 Å². The second-order valence-electron chi connectivity index (χ2n) is 22.3. The van der Waals surface area contributed by atoms with E-state index >= 15 is 0 Å². The van der Waals surface area contributed by atoms with Crippen LogP contribution in [0.2, 0.25) is 0 Å². The molecule has 0 bridgehead atoms. The first-order chi connectivity index (χ1) is 41.0. The predicted octanol–water partition coefficient (Wildman–Crippen LogP) is 23.9. The number of esters is 3. The van der Waals surface area contributed by atoms with E-state index in [2.05, 4.69) is 167 Å². The van der Waals surface area contributed by atoms with Gasteiger partial charge in [-0.05, 0) is 122 Å². The van der Waals surface area contributed by atoms with Crippen molar-refractivity contribution in [2.24, 2.45) is 0 Å². The van der Waals surface area contributed by atoms with Crippen LogP contribution < -0.4 is 0 Å². The maximum absolute atomic E-state index is 12.9. The fourth-order valence-corrected chi connectivity index (χ4v) is 9.27. The summed E-state index contributed by atoms with van der Waals surface area (Å²) in [6.45, 7) is 6.39. The molecule has 0 aromatic heterocycles. The molecule has 6 nitrogen and oxygen atoms in total. The van der Waals surface area contributed by atoms with Crippen molar-refractivity contribution in [3.05, 3.63) is 146 Å². The van der Waals surface area contributed by atoms with Crippen LogP contribution in [-0.2, 0) is 28.6 Å². The molecule has 470 valence electrons. The average molecular weight is 1150 g/mol. The van der Waals surface area contributed by atoms with E-state index in [4.69, 9.17) is 14.2 Å². The molecule has 0 radical (unpaired) electrons. The zero-order valence-electron chi connectivity index (χ0n) is 53.9. The molecule has 0 amide bonds. The summed E-state index contributed by atoms with van der Waals surface area (Å²) in [7, 11) is 0. The van der Waals surface area contributed by atoms with Gasteiger partial charge in [0.1, 0.15) is 13.2 Å². The van der Waals surface area contributed by atoms with E-state index < -0.39 is 6.10 Å². The first kappa shape index (κ1) is 78.3. The minimum Gasteiger partial charge on any atom is -0.462 e. The second-order valence-corrected chi connectivity index (χ2v) is 22.3. The minimum absolute atomic E-state index is 0.0986. The fourth-order valence-electron chi connectivity index (χ4n) is 9.27. The summed E-state index contributed by atoms with van der Waals surface area (Å²) in [5.41, 5.74) is 0. The Bertz CT molecular complexity index is 1800. The molecule has 1 unspecified atom stereocenters. The topological polar surface area (TPSA) is 78.9 Å². The van der Waals surface area contributed by atoms with Crippen LogP contribution in [0.1, 0.15) is 303 Å². The number of carbonyl (C=O) groups excluding carboxylic acids is 3. The van der Waals surface area contributed by atoms with Crippen LogP contribution in [0.5, 0.6) is 0 Å². The van der Waals surface area contributed by atoms with Crippen molar-refractivity contribution in [1.82, 2.24) is 0 Å². The van der Waals surface area contributed by atoms with Crippen molar-refractivity contribution in [2.45, 2.75) is 309 Å². The Morgan fingerprint density at radius 1 is 0.253 bits per heavy atom. The first-order valence-electron chi connectivity index (χ1n) is 34.3. The lowest BCUT2D eigenvalue weighted by molar-refractivity contribution is -0.167. The van der Waals surface area contributed by atoms with Crippen molar-refractivity contribution < 1.29 is 28.6 Å². The Kier molecular flexibility index (Phi) is 65.8. The van der Waals surface area contributed by atoms with Crippen LogP contribution in [0.3, 0.4) is 0 Å². The molecule has 0 heterocycles. The highest BCUT2D eigenvalue weighted by molar-refractivity contribution is 5.71. The number of ether oxygens (including phenoxy) is 3. The maximum atomic E-state index is 12.9. The molecule has 0 aliphatic carbocycles. The van der Waals surface area contributed by atoms with Gasteiger partial charge >= 0.3 is 17.9 Å². The van der Waals surface area contributed by atoms with Crippen LogP contribution in [-0.4, -0.2) is 37.2 Å². The van der Waals surface area contributed by atoms with Crippen LogP contribution in [0.25, 0.3) is 0 Å². The molecule has 0 saturated carbocycles. The molecule has 0 aromatic rings. The van der Waals surface area contributed by atoms with Crippen molar-refractivity contribution >= 4 is 17.9 Å². The highest BCUT2D eigenvalue weighted by Crippen LogP contribution is 2.16. The average Bonchev–Trinajstić information content (AvgIpc) is 3.49. The van der Waals surface area contributed by atoms with E-state index in [-0.39, 0.29) is 37.5 Å². The number of unbranched alkanes of at least 4 members (excludes halogenated alkanes) is 26. The lowest BCUT2D eigenvalue weighted by Gasteiger charge is -2.18. The third-order valence-electron chi connectivity index (χ3n) is 14.3. The highest BCUT2D eigenvalue weighted by atomic mass is 16.6. The highest BCUT2D eigenvalue weighted by Gasteiger charge is 2.19. The summed E-state index contributed by atoms with van der Waals surface area (Å²) in [5.74, 6) is -0.941. The van der Waals surface area contributed by atoms with Crippen molar-refractivity contribution in [2.75, 3.05) is 13.2 Å². The molecule has 0 fully saturated rings. The number of carbonyl (C=O) groups is 3. The van der Waals surface area contributed by atoms with Gasteiger partial charge in [-0.2, -0.15) is 0 Å². The SMILES string of the molecule is CC/C=C\C/C=C\C/C=C\C/C=C\C/C=C\C/C=C\CCCCCCCCCCCCC(=O)OCC(COC(=O)CCCCCCCCCCCCCCCCC)OC(=O)CCCC/C=C\C/C=C\C/C=C\C/C=C\C/C=C\C/C=C\CC. The van der Waals surface area contributed by atoms with Gasteiger partial charge in [0.2, 0.25) is 0 Å². The molecule has 0 aliphatic heterocycles. The van der Waals surface area contributed by atoms with E-state index in [1.807, 2.05) is 0 Å². The van der Waals surface area contributed by atoms with Gasteiger partial charge in [-0.25, -0.2) is 0 Å². The zero-order valence-corrected chi connectivity index (χ0v) is 53.9. The summed E-state index contributed by atoms with van der Waals surface area (Å²) < 4.78 is 16.9. The molecule has 1 atom stereocenters. The lowest BCUT2D eigenvalue weighted by Crippen LogP contribution is -2.30. The first-order valence-corrected chi connectivity index (χ1v) is 34.3. The molecule has 0 aliphatic rings. The minimum atomic E-state index is -0.809. The van der Waals surface area contributed by atoms with Crippen LogP contribution >= 0.6 is 0 Å². The summed E-state index contributed by atoms with van der Waals surface area (Å²) in [6.07, 6.45) is 100. The standard InChI is InChI=1S/C77H126O6/c1-4-7-10-13-16-19-22-25-28-30-32-34-35-36-37-38-39-40-41-43-44-46-49-52-55-58-61-64-67-70-76(79)82-73-74(72-81-75(78)69-66-63-60-57-54-51-48-27-24-21-18-15-12-9-6-3)83-77(80)71-68-65-62-59-56-53-50-47-45-42-33-31-29-26-23-20-17-14-11-8-5-2/h7-8,10-11,16-17,19-20,25-26,28-29,32-34,36-37,39-40,42,47,50,56,59,74H,4-6,9,12-15,18,21-24,27,30-31,35,38,41,43-46,48-49,51-55,57-58,60-73H2,1-3H3/b10-7-,11-8-,19-16-,20-17-,28-25-,29-26-,34-32-,37-36-,40-39-,42-33-,50-47-,59-56-. The molecular weight excluding hydrogens is 1020 g/mol. The Morgan fingerprint density at radius 3 is 0.759 bits per heavy atom. The van der Waals surface area contributed by atoms with Crippen LogP contribution in [0.15, 0.2) is 146 Å². The van der Waals surface area contributed by atoms with Gasteiger partial charge in [0.05, 0.1) is 0 Å². The molecular formula is C77H126O6. The van der Waals surface area contributed by atoms with Crippen molar-refractivity contribution in [3.8, 4) is 0 Å². The van der Waals surface area contributed by atoms with E-state index in [1.165, 1.54) is 128 Å². The Balaban J connectivity index is 4.41. The summed E-state index contributed by atoms with van der Waals surface area (Å²) in [4.78, 5) is 38.4. The van der Waals surface area contributed by atoms with E-state index in [9.17, 15) is 14.4 Å². The number of hydrogen-bond donors (Lipinski definition) is 0. The smallest absolute Gasteiger partial charge is 0.306 e. The van der Waals surface area contributed by atoms with Gasteiger partial charge in [-0.1, -0.05) is 308 Å². The van der Waals surface area contributed by atoms with Gasteiger partial charge in [0.25, 0.3) is 0 Å². The van der Waals surface area contributed by atoms with Crippen LogP contribution in [0, 0.1) is 0 Å². The molecule has 0 N–H and O–H groups in total. The van der Waals surface area contributed by atoms with Gasteiger partial charge in [0.15, 0.2) is 6.10 Å². The molecule has 0 saturated heterocycles. The van der Waals surface area contributed by atoms with E-state index in [0.29, 0.717) is 19.3 Å². The fraction of sp³-hybridized carbons (Fsp3) is 0.649. The number of rotatable bonds is 61. The zero-order chi connectivity index (χ0) is 59.9. The Morgan fingerprint density at radius 2 is 0.470 bits per heavy atom.